The van der Waals surface area contributed by atoms with E-state index in [-0.39, 0.29) is 11.6 Å². The van der Waals surface area contributed by atoms with Crippen LogP contribution in [0.5, 0.6) is 0 Å². The standard InChI is InChI=1S/C19H19N3O/c1-3-17-20-16-12-8-7-11-15(16)19(23)22(17)21-13(2)18(21)14-9-5-4-6-10-14/h4-13,18H,3H2,1-2H3. The van der Waals surface area contributed by atoms with Crippen LogP contribution >= 0.6 is 0 Å². The van der Waals surface area contributed by atoms with Gasteiger partial charge in [-0.15, -0.1) is 0 Å². The number of aryl methyl sites for hydroxylation is 1. The summed E-state index contributed by atoms with van der Waals surface area (Å²) in [4.78, 5) is 17.7. The first-order chi connectivity index (χ1) is 11.2. The molecule has 2 unspecified atom stereocenters. The minimum atomic E-state index is 0.0257. The van der Waals surface area contributed by atoms with Crippen LogP contribution in [0.2, 0.25) is 0 Å². The van der Waals surface area contributed by atoms with Crippen LogP contribution in [0, 0.1) is 0 Å². The lowest BCUT2D eigenvalue weighted by Gasteiger charge is -2.15. The highest BCUT2D eigenvalue weighted by atomic mass is 16.1. The van der Waals surface area contributed by atoms with Crippen LogP contribution in [0.25, 0.3) is 10.9 Å². The predicted octanol–water partition coefficient (Wildman–Crippen LogP) is 3.04. The quantitative estimate of drug-likeness (QED) is 0.698. The van der Waals surface area contributed by atoms with Crippen molar-refractivity contribution < 1.29 is 0 Å². The zero-order chi connectivity index (χ0) is 16.0. The smallest absolute Gasteiger partial charge is 0.280 e. The van der Waals surface area contributed by atoms with Gasteiger partial charge >= 0.3 is 0 Å². The van der Waals surface area contributed by atoms with Gasteiger partial charge in [-0.05, 0) is 24.6 Å². The van der Waals surface area contributed by atoms with Crippen LogP contribution in [-0.4, -0.2) is 15.7 Å². The molecule has 2 atom stereocenters. The van der Waals surface area contributed by atoms with Crippen molar-refractivity contribution in [1.82, 2.24) is 9.66 Å². The van der Waals surface area contributed by atoms with E-state index in [4.69, 9.17) is 4.98 Å². The lowest BCUT2D eigenvalue weighted by atomic mass is 10.1. The van der Waals surface area contributed by atoms with Gasteiger partial charge in [0.25, 0.3) is 5.56 Å². The average Bonchev–Trinajstić information content (AvgIpc) is 3.26. The number of aromatic nitrogens is 2. The van der Waals surface area contributed by atoms with E-state index >= 15 is 0 Å². The second-order valence-electron chi connectivity index (χ2n) is 5.99. The first kappa shape index (κ1) is 14.0. The molecule has 4 rings (SSSR count). The van der Waals surface area contributed by atoms with Crippen molar-refractivity contribution in [1.29, 1.82) is 0 Å². The van der Waals surface area contributed by atoms with E-state index in [0.29, 0.717) is 11.4 Å². The lowest BCUT2D eigenvalue weighted by Crippen LogP contribution is -2.33. The monoisotopic (exact) mass is 305 g/mol. The zero-order valence-electron chi connectivity index (χ0n) is 13.3. The van der Waals surface area contributed by atoms with Gasteiger partial charge in [0.2, 0.25) is 0 Å². The molecule has 4 nitrogen and oxygen atoms in total. The van der Waals surface area contributed by atoms with Gasteiger partial charge in [0.05, 0.1) is 23.0 Å². The van der Waals surface area contributed by atoms with Crippen LogP contribution in [0.1, 0.15) is 31.3 Å². The number of nitrogens with zero attached hydrogens (tertiary/aromatic N) is 3. The van der Waals surface area contributed by atoms with Crippen LogP contribution < -0.4 is 10.6 Å². The summed E-state index contributed by atoms with van der Waals surface area (Å²) in [7, 11) is 0. The summed E-state index contributed by atoms with van der Waals surface area (Å²) in [5, 5.41) is 2.81. The van der Waals surface area contributed by atoms with Gasteiger partial charge < -0.3 is 0 Å². The summed E-state index contributed by atoms with van der Waals surface area (Å²) in [5.41, 5.74) is 2.04. The molecular weight excluding hydrogens is 286 g/mol. The largest absolute Gasteiger partial charge is 0.294 e. The number of hydrogen-bond acceptors (Lipinski definition) is 3. The second kappa shape index (κ2) is 5.23. The second-order valence-corrected chi connectivity index (χ2v) is 5.99. The Labute approximate surface area is 135 Å². The highest BCUT2D eigenvalue weighted by Crippen LogP contribution is 2.40. The third kappa shape index (κ3) is 2.13. The van der Waals surface area contributed by atoms with Gasteiger partial charge in [-0.1, -0.05) is 49.4 Å². The first-order valence-electron chi connectivity index (χ1n) is 8.06. The summed E-state index contributed by atoms with van der Waals surface area (Å²) in [6.07, 6.45) is 0.727. The first-order valence-corrected chi connectivity index (χ1v) is 8.06. The molecule has 3 aromatic rings. The maximum absolute atomic E-state index is 13.0. The Hall–Kier alpha value is -2.62. The van der Waals surface area contributed by atoms with Crippen LogP contribution in [-0.2, 0) is 6.42 Å². The summed E-state index contributed by atoms with van der Waals surface area (Å²) >= 11 is 0. The molecule has 0 spiro atoms. The van der Waals surface area contributed by atoms with Gasteiger partial charge in [-0.25, -0.2) is 9.66 Å². The Morgan fingerprint density at radius 1 is 1.04 bits per heavy atom. The third-order valence-corrected chi connectivity index (χ3v) is 4.58. The van der Waals surface area contributed by atoms with Crippen molar-refractivity contribution in [3.8, 4) is 0 Å². The molecule has 0 bridgehead atoms. The fraction of sp³-hybridized carbons (Fsp3) is 0.263. The number of fused-ring (bicyclic) bond motifs is 1. The number of rotatable bonds is 3. The van der Waals surface area contributed by atoms with E-state index < -0.39 is 0 Å². The van der Waals surface area contributed by atoms with E-state index in [1.165, 1.54) is 5.56 Å². The summed E-state index contributed by atoms with van der Waals surface area (Å²) in [5.74, 6) is 0.819. The predicted molar refractivity (Wildman–Crippen MR) is 92.2 cm³/mol. The average molecular weight is 305 g/mol. The molecule has 2 aromatic carbocycles. The maximum Gasteiger partial charge on any atom is 0.280 e. The van der Waals surface area contributed by atoms with Crippen LogP contribution in [0.15, 0.2) is 59.4 Å². The van der Waals surface area contributed by atoms with Crippen molar-refractivity contribution in [2.75, 3.05) is 5.01 Å². The molecule has 0 saturated carbocycles. The zero-order valence-corrected chi connectivity index (χ0v) is 13.3. The number of para-hydroxylation sites is 1. The fourth-order valence-corrected chi connectivity index (χ4v) is 3.36. The Kier molecular flexibility index (Phi) is 3.18. The summed E-state index contributed by atoms with van der Waals surface area (Å²) in [6.45, 7) is 4.19. The van der Waals surface area contributed by atoms with Gasteiger partial charge in [0, 0.05) is 6.42 Å². The Morgan fingerprint density at radius 3 is 2.48 bits per heavy atom. The normalized spacial score (nSPS) is 20.0. The molecule has 2 heterocycles. The van der Waals surface area contributed by atoms with E-state index in [9.17, 15) is 4.79 Å². The van der Waals surface area contributed by atoms with Crippen molar-refractivity contribution >= 4 is 10.9 Å². The third-order valence-electron chi connectivity index (χ3n) is 4.58. The molecule has 1 fully saturated rings. The van der Waals surface area contributed by atoms with Gasteiger partial charge in [0.1, 0.15) is 5.82 Å². The molecule has 116 valence electrons. The summed E-state index contributed by atoms with van der Waals surface area (Å²) in [6, 6.07) is 18.4. The highest BCUT2D eigenvalue weighted by Gasteiger charge is 2.47. The fourth-order valence-electron chi connectivity index (χ4n) is 3.36. The summed E-state index contributed by atoms with van der Waals surface area (Å²) < 4.78 is 1.78. The van der Waals surface area contributed by atoms with E-state index in [1.807, 2.05) is 49.4 Å². The molecule has 0 radical (unpaired) electrons. The molecule has 1 saturated heterocycles. The van der Waals surface area contributed by atoms with Crippen LogP contribution in [0.4, 0.5) is 0 Å². The van der Waals surface area contributed by atoms with Gasteiger partial charge in [0.15, 0.2) is 0 Å². The topological polar surface area (TPSA) is 37.9 Å². The minimum Gasteiger partial charge on any atom is -0.294 e. The van der Waals surface area contributed by atoms with Crippen molar-refractivity contribution in [3.05, 3.63) is 76.3 Å². The van der Waals surface area contributed by atoms with E-state index in [0.717, 1.165) is 17.8 Å². The molecule has 23 heavy (non-hydrogen) atoms. The highest BCUT2D eigenvalue weighted by molar-refractivity contribution is 5.77. The van der Waals surface area contributed by atoms with E-state index in [2.05, 4.69) is 24.1 Å². The van der Waals surface area contributed by atoms with Crippen molar-refractivity contribution in [3.63, 3.8) is 0 Å². The number of hydrogen-bond donors (Lipinski definition) is 0. The Bertz CT molecular complexity index is 917. The Morgan fingerprint density at radius 2 is 1.74 bits per heavy atom. The molecule has 1 aromatic heterocycles. The molecule has 1 aliphatic heterocycles. The molecule has 4 heteroatoms. The Balaban J connectivity index is 1.86. The lowest BCUT2D eigenvalue weighted by molar-refractivity contribution is 0.679. The molecule has 1 aliphatic rings. The SMILES string of the molecule is CCc1nc2ccccc2c(=O)n1N1C(C)C1c1ccccc1. The molecule has 0 aliphatic carbocycles. The van der Waals surface area contributed by atoms with Crippen LogP contribution in [0.3, 0.4) is 0 Å². The van der Waals surface area contributed by atoms with Gasteiger partial charge in [-0.3, -0.25) is 9.80 Å². The van der Waals surface area contributed by atoms with Crippen molar-refractivity contribution in [2.45, 2.75) is 32.4 Å². The van der Waals surface area contributed by atoms with E-state index in [1.54, 1.807) is 4.68 Å². The minimum absolute atomic E-state index is 0.0257. The van der Waals surface area contributed by atoms with Crippen molar-refractivity contribution in [2.24, 2.45) is 0 Å². The molecule has 0 N–H and O–H groups in total. The van der Waals surface area contributed by atoms with Gasteiger partial charge in [-0.2, -0.15) is 0 Å². The maximum atomic E-state index is 13.0. The number of benzene rings is 2. The molecule has 0 amide bonds. The molecular formula is C19H19N3O.